The fourth-order valence-electron chi connectivity index (χ4n) is 1.83. The molecule has 19 heavy (non-hydrogen) atoms. The van der Waals surface area contributed by atoms with E-state index in [0.717, 1.165) is 0 Å². The van der Waals surface area contributed by atoms with E-state index in [1.165, 1.54) is 6.92 Å². The molecule has 1 amide bonds. The van der Waals surface area contributed by atoms with E-state index in [9.17, 15) is 26.4 Å². The lowest BCUT2D eigenvalue weighted by atomic mass is 10.2. The predicted molar refractivity (Wildman–Crippen MR) is 63.3 cm³/mol. The van der Waals surface area contributed by atoms with E-state index in [-0.39, 0.29) is 12.3 Å². The van der Waals surface area contributed by atoms with E-state index in [2.05, 4.69) is 5.32 Å². The number of halogens is 3. The van der Waals surface area contributed by atoms with Crippen LogP contribution in [0.2, 0.25) is 0 Å². The van der Waals surface area contributed by atoms with Crippen molar-refractivity contribution in [3.8, 4) is 0 Å². The number of amides is 1. The quantitative estimate of drug-likeness (QED) is 0.762. The maximum Gasteiger partial charge on any atom is 0.405 e. The van der Waals surface area contributed by atoms with Gasteiger partial charge in [0.15, 0.2) is 9.84 Å². The Morgan fingerprint density at radius 3 is 2.53 bits per heavy atom. The van der Waals surface area contributed by atoms with Gasteiger partial charge in [0.1, 0.15) is 6.54 Å². The van der Waals surface area contributed by atoms with Crippen molar-refractivity contribution in [3.05, 3.63) is 0 Å². The van der Waals surface area contributed by atoms with E-state index in [1.807, 2.05) is 0 Å². The zero-order chi connectivity index (χ0) is 14.7. The minimum Gasteiger partial charge on any atom is -0.346 e. The lowest BCUT2D eigenvalue weighted by Gasteiger charge is -2.17. The van der Waals surface area contributed by atoms with Crippen LogP contribution in [0.4, 0.5) is 13.2 Å². The first kappa shape index (κ1) is 16.2. The SMILES string of the molecule is CC(NCC1CCCS1(=O)=O)C(=O)NCC(F)(F)F. The summed E-state index contributed by atoms with van der Waals surface area (Å²) in [6.45, 7) is 0.0931. The second-order valence-corrected chi connectivity index (χ2v) is 6.99. The molecule has 1 rings (SSSR count). The van der Waals surface area contributed by atoms with Crippen molar-refractivity contribution < 1.29 is 26.4 Å². The number of hydrogen-bond acceptors (Lipinski definition) is 4. The van der Waals surface area contributed by atoms with Crippen molar-refractivity contribution >= 4 is 15.7 Å². The van der Waals surface area contributed by atoms with Crippen LogP contribution in [0, 0.1) is 0 Å². The molecule has 1 aliphatic heterocycles. The molecule has 112 valence electrons. The van der Waals surface area contributed by atoms with Gasteiger partial charge < -0.3 is 10.6 Å². The van der Waals surface area contributed by atoms with E-state index in [0.29, 0.717) is 12.8 Å². The molecule has 0 aromatic rings. The second-order valence-electron chi connectivity index (χ2n) is 4.59. The third-order valence-electron chi connectivity index (χ3n) is 2.97. The number of hydrogen-bond donors (Lipinski definition) is 2. The van der Waals surface area contributed by atoms with Crippen LogP contribution >= 0.6 is 0 Å². The van der Waals surface area contributed by atoms with Gasteiger partial charge in [-0.25, -0.2) is 8.42 Å². The minimum atomic E-state index is -4.45. The highest BCUT2D eigenvalue weighted by Gasteiger charge is 2.32. The molecule has 5 nitrogen and oxygen atoms in total. The molecule has 0 spiro atoms. The van der Waals surface area contributed by atoms with Crippen LogP contribution in [0.25, 0.3) is 0 Å². The number of carbonyl (C=O) groups is 1. The summed E-state index contributed by atoms with van der Waals surface area (Å²) in [6.07, 6.45) is -3.35. The maximum absolute atomic E-state index is 11.9. The van der Waals surface area contributed by atoms with Crippen LogP contribution in [0.3, 0.4) is 0 Å². The Bertz CT molecular complexity index is 422. The molecule has 1 heterocycles. The van der Waals surface area contributed by atoms with Gasteiger partial charge in [-0.15, -0.1) is 0 Å². The Balaban J connectivity index is 2.35. The first-order chi connectivity index (χ1) is 8.62. The fraction of sp³-hybridized carbons (Fsp3) is 0.900. The average molecular weight is 302 g/mol. The van der Waals surface area contributed by atoms with Crippen LogP contribution in [0.5, 0.6) is 0 Å². The van der Waals surface area contributed by atoms with Crippen LogP contribution < -0.4 is 10.6 Å². The molecule has 1 fully saturated rings. The van der Waals surface area contributed by atoms with Crippen molar-refractivity contribution in [3.63, 3.8) is 0 Å². The van der Waals surface area contributed by atoms with Crippen molar-refractivity contribution in [2.24, 2.45) is 0 Å². The largest absolute Gasteiger partial charge is 0.405 e. The van der Waals surface area contributed by atoms with Gasteiger partial charge in [-0.1, -0.05) is 0 Å². The highest BCUT2D eigenvalue weighted by molar-refractivity contribution is 7.92. The van der Waals surface area contributed by atoms with E-state index >= 15 is 0 Å². The molecule has 2 unspecified atom stereocenters. The van der Waals surface area contributed by atoms with Gasteiger partial charge in [-0.05, 0) is 19.8 Å². The summed E-state index contributed by atoms with van der Waals surface area (Å²) < 4.78 is 58.7. The number of rotatable bonds is 5. The molecule has 0 saturated carbocycles. The summed E-state index contributed by atoms with van der Waals surface area (Å²) >= 11 is 0. The topological polar surface area (TPSA) is 75.3 Å². The summed E-state index contributed by atoms with van der Waals surface area (Å²) in [5.74, 6) is -0.665. The fourth-order valence-corrected chi connectivity index (χ4v) is 3.61. The van der Waals surface area contributed by atoms with Crippen LogP contribution in [0.1, 0.15) is 19.8 Å². The Labute approximate surface area is 109 Å². The molecular formula is C10H17F3N2O3S. The molecule has 2 atom stereocenters. The number of sulfone groups is 1. The molecule has 0 aromatic heterocycles. The van der Waals surface area contributed by atoms with Gasteiger partial charge in [-0.3, -0.25) is 4.79 Å². The van der Waals surface area contributed by atoms with E-state index in [1.54, 1.807) is 5.32 Å². The Morgan fingerprint density at radius 1 is 1.42 bits per heavy atom. The van der Waals surface area contributed by atoms with E-state index in [4.69, 9.17) is 0 Å². The molecule has 1 aliphatic rings. The zero-order valence-corrected chi connectivity index (χ0v) is 11.3. The lowest BCUT2D eigenvalue weighted by molar-refractivity contribution is -0.139. The summed E-state index contributed by atoms with van der Waals surface area (Å²) in [5, 5.41) is 3.85. The summed E-state index contributed by atoms with van der Waals surface area (Å²) in [6, 6.07) is -0.863. The van der Waals surface area contributed by atoms with Crippen LogP contribution in [-0.2, 0) is 14.6 Å². The van der Waals surface area contributed by atoms with Gasteiger partial charge >= 0.3 is 6.18 Å². The molecule has 0 bridgehead atoms. The molecular weight excluding hydrogens is 285 g/mol. The zero-order valence-electron chi connectivity index (χ0n) is 10.5. The van der Waals surface area contributed by atoms with Gasteiger partial charge in [0.05, 0.1) is 17.0 Å². The van der Waals surface area contributed by atoms with Gasteiger partial charge in [0.25, 0.3) is 0 Å². The molecule has 0 aromatic carbocycles. The standard InChI is InChI=1S/C10H17F3N2O3S/c1-7(9(16)15-6-10(11,12)13)14-5-8-3-2-4-19(8,17)18/h7-8,14H,2-6H2,1H3,(H,15,16). The van der Waals surface area contributed by atoms with Gasteiger partial charge in [0.2, 0.25) is 5.91 Å². The summed E-state index contributed by atoms with van der Waals surface area (Å²) in [4.78, 5) is 11.3. The first-order valence-electron chi connectivity index (χ1n) is 5.91. The van der Waals surface area contributed by atoms with Crippen molar-refractivity contribution in [1.29, 1.82) is 0 Å². The second kappa shape index (κ2) is 6.08. The molecule has 1 saturated heterocycles. The third kappa shape index (κ3) is 5.35. The monoisotopic (exact) mass is 302 g/mol. The van der Waals surface area contributed by atoms with Crippen molar-refractivity contribution in [2.75, 3.05) is 18.8 Å². The molecule has 0 radical (unpaired) electrons. The first-order valence-corrected chi connectivity index (χ1v) is 7.63. The maximum atomic E-state index is 11.9. The van der Waals surface area contributed by atoms with Crippen LogP contribution in [-0.4, -0.2) is 50.6 Å². The van der Waals surface area contributed by atoms with Crippen LogP contribution in [0.15, 0.2) is 0 Å². The Morgan fingerprint density at radius 2 is 2.05 bits per heavy atom. The number of alkyl halides is 3. The highest BCUT2D eigenvalue weighted by atomic mass is 32.2. The average Bonchev–Trinajstić information content (AvgIpc) is 2.61. The Kier molecular flexibility index (Phi) is 5.19. The number of carbonyl (C=O) groups excluding carboxylic acids is 1. The van der Waals surface area contributed by atoms with Crippen molar-refractivity contribution in [2.45, 2.75) is 37.2 Å². The highest BCUT2D eigenvalue weighted by Crippen LogP contribution is 2.19. The normalized spacial score (nSPS) is 24.1. The van der Waals surface area contributed by atoms with E-state index < -0.39 is 39.8 Å². The van der Waals surface area contributed by atoms with Gasteiger partial charge in [0, 0.05) is 6.54 Å². The van der Waals surface area contributed by atoms with Crippen molar-refractivity contribution in [1.82, 2.24) is 10.6 Å². The third-order valence-corrected chi connectivity index (χ3v) is 5.25. The molecule has 0 aliphatic carbocycles. The number of nitrogens with one attached hydrogen (secondary N) is 2. The smallest absolute Gasteiger partial charge is 0.346 e. The lowest BCUT2D eigenvalue weighted by Crippen LogP contribution is -2.47. The Hall–Kier alpha value is -0.830. The summed E-state index contributed by atoms with van der Waals surface area (Å²) in [5.41, 5.74) is 0. The minimum absolute atomic E-state index is 0.0862. The summed E-state index contributed by atoms with van der Waals surface area (Å²) in [7, 11) is -3.12. The van der Waals surface area contributed by atoms with Gasteiger partial charge in [-0.2, -0.15) is 13.2 Å². The molecule has 9 heteroatoms. The predicted octanol–water partition coefficient (Wildman–Crippen LogP) is 0.220. The molecule has 2 N–H and O–H groups in total.